The van der Waals surface area contributed by atoms with Crippen molar-refractivity contribution >= 4 is 23.4 Å². The minimum absolute atomic E-state index is 0.0171. The van der Waals surface area contributed by atoms with Gasteiger partial charge in [-0.05, 0) is 74.7 Å². The number of likely N-dealkylation sites (tertiary alicyclic amines) is 1. The van der Waals surface area contributed by atoms with Gasteiger partial charge in [-0.3, -0.25) is 19.2 Å². The lowest BCUT2D eigenvalue weighted by molar-refractivity contribution is -0.149. The first-order valence-corrected chi connectivity index (χ1v) is 20.3. The number of ether oxygens (including phenoxy) is 2. The van der Waals surface area contributed by atoms with Gasteiger partial charge in [0, 0.05) is 65.1 Å². The van der Waals surface area contributed by atoms with E-state index in [0.717, 1.165) is 49.7 Å². The molecule has 3 fully saturated rings. The van der Waals surface area contributed by atoms with E-state index in [-0.39, 0.29) is 85.1 Å². The van der Waals surface area contributed by atoms with Crippen molar-refractivity contribution in [2.75, 3.05) is 34.4 Å². The van der Waals surface area contributed by atoms with E-state index in [1.54, 1.807) is 26.2 Å². The standard InChI is InChI=1S/C43H69N3O7/c1-10-28(5)41(45(7)43(51)34(26(2)3)23-37(49)40-32-17-18-33(22-32)44-40)38(52-8)24-39(50)46-19-11-12-35(46)42(53-9)29(6)36(48)21-31(25-47)20-30-15-13-27(4)14-16-30/h13-16,26,28-29,31-35,38,40-42,44,47H,10-12,17-25H2,1-9H3. The van der Waals surface area contributed by atoms with Crippen LogP contribution in [0.15, 0.2) is 24.3 Å². The maximum atomic E-state index is 14.3. The minimum Gasteiger partial charge on any atom is -0.396 e. The summed E-state index contributed by atoms with van der Waals surface area (Å²) in [7, 11) is 5.01. The lowest BCUT2D eigenvalue weighted by Crippen LogP contribution is -2.54. The molecule has 1 aliphatic carbocycles. The summed E-state index contributed by atoms with van der Waals surface area (Å²) in [5.74, 6) is -0.747. The number of hydrogen-bond acceptors (Lipinski definition) is 8. The Balaban J connectivity index is 1.43. The molecule has 2 bridgehead atoms. The Labute approximate surface area is 319 Å². The van der Waals surface area contributed by atoms with E-state index >= 15 is 0 Å². The van der Waals surface area contributed by atoms with Gasteiger partial charge in [-0.2, -0.15) is 0 Å². The number of Topliss-reactive ketones (excluding diaryl/α,β-unsaturated/α-hetero) is 2. The van der Waals surface area contributed by atoms with Gasteiger partial charge in [-0.1, -0.05) is 70.9 Å². The molecule has 10 nitrogen and oxygen atoms in total. The van der Waals surface area contributed by atoms with E-state index in [9.17, 15) is 24.3 Å². The second-order valence-electron chi connectivity index (χ2n) is 16.9. The van der Waals surface area contributed by atoms with Crippen molar-refractivity contribution in [2.24, 2.45) is 35.5 Å². The number of fused-ring (bicyclic) bond motifs is 2. The van der Waals surface area contributed by atoms with Gasteiger partial charge in [0.2, 0.25) is 11.8 Å². The third-order valence-electron chi connectivity index (χ3n) is 13.0. The van der Waals surface area contributed by atoms with Crippen LogP contribution in [-0.4, -0.2) is 109 Å². The fraction of sp³-hybridized carbons (Fsp3) is 0.767. The lowest BCUT2D eigenvalue weighted by Gasteiger charge is -2.41. The third kappa shape index (κ3) is 10.6. The van der Waals surface area contributed by atoms with Gasteiger partial charge in [0.05, 0.1) is 36.8 Å². The van der Waals surface area contributed by atoms with Crippen molar-refractivity contribution in [3.8, 4) is 0 Å². The number of carbonyl (C=O) groups is 4. The van der Waals surface area contributed by atoms with Crippen molar-refractivity contribution in [1.82, 2.24) is 15.1 Å². The van der Waals surface area contributed by atoms with Crippen LogP contribution in [0.2, 0.25) is 0 Å². The molecule has 2 saturated heterocycles. The highest BCUT2D eigenvalue weighted by molar-refractivity contribution is 5.90. The second kappa shape index (κ2) is 19.8. The van der Waals surface area contributed by atoms with E-state index in [1.807, 2.05) is 56.9 Å². The molecule has 1 saturated carbocycles. The number of amides is 2. The molecule has 53 heavy (non-hydrogen) atoms. The zero-order valence-electron chi connectivity index (χ0n) is 34.0. The van der Waals surface area contributed by atoms with Crippen LogP contribution in [0.5, 0.6) is 0 Å². The second-order valence-corrected chi connectivity index (χ2v) is 16.9. The molecule has 2 heterocycles. The van der Waals surface area contributed by atoms with Gasteiger partial charge in [-0.15, -0.1) is 0 Å². The monoisotopic (exact) mass is 740 g/mol. The Morgan fingerprint density at radius 1 is 0.981 bits per heavy atom. The average molecular weight is 740 g/mol. The van der Waals surface area contributed by atoms with Gasteiger partial charge in [0.15, 0.2) is 5.78 Å². The fourth-order valence-corrected chi connectivity index (χ4v) is 9.50. The van der Waals surface area contributed by atoms with Crippen LogP contribution in [0.4, 0.5) is 0 Å². The van der Waals surface area contributed by atoms with E-state index in [4.69, 9.17) is 9.47 Å². The van der Waals surface area contributed by atoms with Crippen LogP contribution < -0.4 is 5.32 Å². The zero-order chi connectivity index (χ0) is 39.0. The smallest absolute Gasteiger partial charge is 0.226 e. The molecule has 3 aliphatic rings. The number of carbonyl (C=O) groups excluding carboxylic acids is 4. The van der Waals surface area contributed by atoms with Crippen LogP contribution in [0, 0.1) is 42.4 Å². The highest BCUT2D eigenvalue weighted by Crippen LogP contribution is 2.37. The first kappa shape index (κ1) is 43.1. The number of nitrogens with zero attached hydrogens (tertiary/aromatic N) is 2. The van der Waals surface area contributed by atoms with Gasteiger partial charge < -0.3 is 29.7 Å². The largest absolute Gasteiger partial charge is 0.396 e. The zero-order valence-corrected chi connectivity index (χ0v) is 34.0. The number of nitrogens with one attached hydrogen (secondary N) is 1. The van der Waals surface area contributed by atoms with Crippen LogP contribution in [0.1, 0.15) is 104 Å². The van der Waals surface area contributed by atoms with Crippen molar-refractivity contribution in [2.45, 2.75) is 142 Å². The van der Waals surface area contributed by atoms with E-state index in [0.29, 0.717) is 24.9 Å². The number of aryl methyl sites for hydroxylation is 1. The maximum Gasteiger partial charge on any atom is 0.226 e. The molecule has 11 unspecified atom stereocenters. The number of aliphatic hydroxyl groups is 1. The molecule has 4 rings (SSSR count). The minimum atomic E-state index is -0.560. The molecule has 1 aromatic rings. The summed E-state index contributed by atoms with van der Waals surface area (Å²) < 4.78 is 12.1. The normalized spacial score (nSPS) is 25.2. The number of benzene rings is 1. The SMILES string of the molecule is CCC(C)C(C(CC(=O)N1CCCC1C(OC)C(C)C(=O)CC(CO)Cc1ccc(C)cc1)OC)N(C)C(=O)C(CC(=O)C1NC2CCC1C2)C(C)C. The van der Waals surface area contributed by atoms with Crippen LogP contribution in [0.25, 0.3) is 0 Å². The van der Waals surface area contributed by atoms with Gasteiger partial charge >= 0.3 is 0 Å². The van der Waals surface area contributed by atoms with E-state index < -0.39 is 24.0 Å². The number of ketones is 2. The Bertz CT molecular complexity index is 1370. The first-order valence-electron chi connectivity index (χ1n) is 20.3. The Kier molecular flexibility index (Phi) is 16.1. The van der Waals surface area contributed by atoms with E-state index in [1.165, 1.54) is 0 Å². The van der Waals surface area contributed by atoms with Crippen LogP contribution >= 0.6 is 0 Å². The third-order valence-corrected chi connectivity index (χ3v) is 13.0. The van der Waals surface area contributed by atoms with Gasteiger partial charge in [0.25, 0.3) is 0 Å². The summed E-state index contributed by atoms with van der Waals surface area (Å²) in [5.41, 5.74) is 2.25. The number of piperidine rings is 1. The molecule has 11 atom stereocenters. The molecule has 2 N–H and O–H groups in total. The predicted octanol–water partition coefficient (Wildman–Crippen LogP) is 5.40. The molecule has 1 aromatic carbocycles. The predicted molar refractivity (Wildman–Crippen MR) is 207 cm³/mol. The van der Waals surface area contributed by atoms with Crippen molar-refractivity contribution in [1.29, 1.82) is 0 Å². The number of aliphatic hydroxyl groups excluding tert-OH is 1. The fourth-order valence-electron chi connectivity index (χ4n) is 9.50. The molecule has 2 amide bonds. The summed E-state index contributed by atoms with van der Waals surface area (Å²) in [6.45, 7) is 12.6. The van der Waals surface area contributed by atoms with Gasteiger partial charge in [0.1, 0.15) is 5.78 Å². The summed E-state index contributed by atoms with van der Waals surface area (Å²) in [4.78, 5) is 59.3. The van der Waals surface area contributed by atoms with Crippen LogP contribution in [0.3, 0.4) is 0 Å². The summed E-state index contributed by atoms with van der Waals surface area (Å²) >= 11 is 0. The summed E-state index contributed by atoms with van der Waals surface area (Å²) in [5, 5.41) is 13.7. The molecule has 10 heteroatoms. The summed E-state index contributed by atoms with van der Waals surface area (Å²) in [6.07, 6.45) is 5.65. The highest BCUT2D eigenvalue weighted by atomic mass is 16.5. The molecular weight excluding hydrogens is 670 g/mol. The van der Waals surface area contributed by atoms with E-state index in [2.05, 4.69) is 19.2 Å². The molecule has 0 aromatic heterocycles. The lowest BCUT2D eigenvalue weighted by atomic mass is 9.83. The molecule has 2 aliphatic heterocycles. The van der Waals surface area contributed by atoms with Gasteiger partial charge in [-0.25, -0.2) is 0 Å². The molecular formula is C43H69N3O7. The molecule has 298 valence electrons. The number of likely N-dealkylation sites (N-methyl/N-ethyl adjacent to an activating group) is 1. The number of rotatable bonds is 21. The van der Waals surface area contributed by atoms with Crippen molar-refractivity contribution in [3.05, 3.63) is 35.4 Å². The van der Waals surface area contributed by atoms with Crippen molar-refractivity contribution in [3.63, 3.8) is 0 Å². The summed E-state index contributed by atoms with van der Waals surface area (Å²) in [6, 6.07) is 7.79. The average Bonchev–Trinajstić information content (AvgIpc) is 3.92. The first-order chi connectivity index (χ1) is 25.2. The quantitative estimate of drug-likeness (QED) is 0.172. The number of hydrogen-bond donors (Lipinski definition) is 2. The van der Waals surface area contributed by atoms with Crippen molar-refractivity contribution < 1.29 is 33.8 Å². The molecule has 0 spiro atoms. The molecule has 0 radical (unpaired) electrons. The Morgan fingerprint density at radius 3 is 2.23 bits per heavy atom. The topological polar surface area (TPSA) is 125 Å². The number of methoxy groups -OCH3 is 2. The maximum absolute atomic E-state index is 14.3. The van der Waals surface area contributed by atoms with Crippen LogP contribution in [-0.2, 0) is 35.1 Å². The Morgan fingerprint density at radius 2 is 1.68 bits per heavy atom. The Hall–Kier alpha value is -2.66. The highest BCUT2D eigenvalue weighted by Gasteiger charge is 2.45.